The third-order valence-corrected chi connectivity index (χ3v) is 4.39. The number of amides is 2. The highest BCUT2D eigenvalue weighted by atomic mass is 32.2. The van der Waals surface area contributed by atoms with Crippen LogP contribution in [-0.4, -0.2) is 34.7 Å². The number of carbonyl (C=O) groups excluding carboxylic acids is 1. The minimum atomic E-state index is -1.41. The van der Waals surface area contributed by atoms with Gasteiger partial charge in [-0.25, -0.2) is 14.0 Å². The van der Waals surface area contributed by atoms with E-state index in [9.17, 15) is 14.0 Å². The van der Waals surface area contributed by atoms with E-state index >= 15 is 0 Å². The molecule has 1 aliphatic heterocycles. The summed E-state index contributed by atoms with van der Waals surface area (Å²) in [6, 6.07) is 3.23. The Morgan fingerprint density at radius 3 is 2.90 bits per heavy atom. The molecule has 0 radical (unpaired) electrons. The number of hydrogen-bond donors (Lipinski definition) is 3. The molecule has 0 aromatic heterocycles. The summed E-state index contributed by atoms with van der Waals surface area (Å²) >= 11 is 1.80. The van der Waals surface area contributed by atoms with Gasteiger partial charge in [-0.2, -0.15) is 11.8 Å². The average Bonchev–Trinajstić information content (AvgIpc) is 2.89. The summed E-state index contributed by atoms with van der Waals surface area (Å²) < 4.78 is 13.4. The van der Waals surface area contributed by atoms with Gasteiger partial charge in [-0.3, -0.25) is 0 Å². The molecule has 3 N–H and O–H groups in total. The van der Waals surface area contributed by atoms with E-state index in [1.165, 1.54) is 12.1 Å². The number of benzene rings is 1. The van der Waals surface area contributed by atoms with Gasteiger partial charge in [-0.05, 0) is 30.7 Å². The first-order chi connectivity index (χ1) is 9.58. The smallest absolute Gasteiger partial charge is 0.340 e. The Morgan fingerprint density at radius 2 is 2.25 bits per heavy atom. The van der Waals surface area contributed by atoms with Crippen LogP contribution < -0.4 is 10.6 Å². The van der Waals surface area contributed by atoms with Crippen molar-refractivity contribution < 1.29 is 19.1 Å². The Bertz CT molecular complexity index is 518. The van der Waals surface area contributed by atoms with Gasteiger partial charge in [0.05, 0.1) is 5.69 Å². The van der Waals surface area contributed by atoms with Crippen LogP contribution in [0.5, 0.6) is 0 Å². The lowest BCUT2D eigenvalue weighted by Gasteiger charge is -2.12. The second-order valence-electron chi connectivity index (χ2n) is 4.44. The van der Waals surface area contributed by atoms with Gasteiger partial charge in [-0.15, -0.1) is 0 Å². The van der Waals surface area contributed by atoms with Crippen LogP contribution in [0.2, 0.25) is 0 Å². The van der Waals surface area contributed by atoms with E-state index < -0.39 is 23.4 Å². The molecule has 2 amide bonds. The van der Waals surface area contributed by atoms with Gasteiger partial charge in [0.15, 0.2) is 0 Å². The van der Waals surface area contributed by atoms with Crippen LogP contribution in [0.1, 0.15) is 23.2 Å². The van der Waals surface area contributed by atoms with E-state index in [-0.39, 0.29) is 5.69 Å². The lowest BCUT2D eigenvalue weighted by atomic mass is 10.1. The molecule has 1 atom stereocenters. The zero-order chi connectivity index (χ0) is 14.5. The molecule has 2 rings (SSSR count). The Morgan fingerprint density at radius 1 is 1.45 bits per heavy atom. The first kappa shape index (κ1) is 14.6. The lowest BCUT2D eigenvalue weighted by Crippen LogP contribution is -2.34. The summed E-state index contributed by atoms with van der Waals surface area (Å²) in [5, 5.41) is 14.4. The second kappa shape index (κ2) is 6.60. The van der Waals surface area contributed by atoms with Gasteiger partial charge in [0.2, 0.25) is 0 Å². The summed E-state index contributed by atoms with van der Waals surface area (Å²) in [6.45, 7) is 0.522. The maximum absolute atomic E-state index is 13.4. The van der Waals surface area contributed by atoms with Crippen molar-refractivity contribution in [2.75, 3.05) is 17.6 Å². The largest absolute Gasteiger partial charge is 0.478 e. The van der Waals surface area contributed by atoms with Crippen LogP contribution in [0.25, 0.3) is 0 Å². The number of anilines is 1. The predicted molar refractivity (Wildman–Crippen MR) is 75.9 cm³/mol. The number of nitrogens with one attached hydrogen (secondary N) is 2. The van der Waals surface area contributed by atoms with Gasteiger partial charge in [0.25, 0.3) is 0 Å². The lowest BCUT2D eigenvalue weighted by molar-refractivity contribution is 0.0693. The second-order valence-corrected chi connectivity index (χ2v) is 5.85. The molecule has 0 saturated carbocycles. The third-order valence-electron chi connectivity index (χ3n) is 2.99. The van der Waals surface area contributed by atoms with Crippen molar-refractivity contribution in [1.82, 2.24) is 5.32 Å². The van der Waals surface area contributed by atoms with E-state index in [1.54, 1.807) is 11.8 Å². The average molecular weight is 298 g/mol. The Balaban J connectivity index is 1.96. The molecule has 1 fully saturated rings. The fraction of sp³-hybridized carbons (Fsp3) is 0.385. The quantitative estimate of drug-likeness (QED) is 0.798. The van der Waals surface area contributed by atoms with Crippen molar-refractivity contribution in [3.63, 3.8) is 0 Å². The van der Waals surface area contributed by atoms with Crippen LogP contribution in [0.15, 0.2) is 18.2 Å². The molecule has 0 spiro atoms. The summed E-state index contributed by atoms with van der Waals surface area (Å²) in [5.41, 5.74) is -0.577. The number of carboxylic acid groups (broad SMARTS) is 1. The van der Waals surface area contributed by atoms with Crippen LogP contribution in [-0.2, 0) is 0 Å². The molecular formula is C13H15FN2O3S. The van der Waals surface area contributed by atoms with Crippen LogP contribution in [0.3, 0.4) is 0 Å². The molecule has 7 heteroatoms. The van der Waals surface area contributed by atoms with E-state index in [1.807, 2.05) is 0 Å². The van der Waals surface area contributed by atoms with Gasteiger partial charge in [-0.1, -0.05) is 6.07 Å². The zero-order valence-corrected chi connectivity index (χ0v) is 11.5. The van der Waals surface area contributed by atoms with Gasteiger partial charge in [0, 0.05) is 11.8 Å². The van der Waals surface area contributed by atoms with Gasteiger partial charge in [0.1, 0.15) is 11.4 Å². The molecular weight excluding hydrogens is 283 g/mol. The number of rotatable bonds is 4. The van der Waals surface area contributed by atoms with E-state index in [0.717, 1.165) is 24.7 Å². The number of thioether (sulfide) groups is 1. The highest BCUT2D eigenvalue weighted by molar-refractivity contribution is 8.00. The molecule has 0 aliphatic carbocycles. The third kappa shape index (κ3) is 3.63. The number of hydrogen-bond acceptors (Lipinski definition) is 3. The first-order valence-corrected chi connectivity index (χ1v) is 7.31. The van der Waals surface area contributed by atoms with Crippen molar-refractivity contribution in [3.8, 4) is 0 Å². The number of carbonyl (C=O) groups is 2. The predicted octanol–water partition coefficient (Wildman–Crippen LogP) is 2.54. The normalized spacial score (nSPS) is 17.8. The number of urea groups is 1. The van der Waals surface area contributed by atoms with Crippen LogP contribution >= 0.6 is 11.8 Å². The minimum absolute atomic E-state index is 0.0472. The molecule has 1 saturated heterocycles. The van der Waals surface area contributed by atoms with Crippen molar-refractivity contribution >= 4 is 29.4 Å². The van der Waals surface area contributed by atoms with Crippen LogP contribution in [0.4, 0.5) is 14.9 Å². The molecule has 1 aromatic rings. The minimum Gasteiger partial charge on any atom is -0.478 e. The molecule has 5 nitrogen and oxygen atoms in total. The highest BCUT2D eigenvalue weighted by Gasteiger charge is 2.19. The SMILES string of the molecule is O=C(NCC1CCCS1)Nc1cccc(F)c1C(=O)O. The number of aromatic carboxylic acids is 1. The monoisotopic (exact) mass is 298 g/mol. The highest BCUT2D eigenvalue weighted by Crippen LogP contribution is 2.25. The molecule has 1 aliphatic rings. The van der Waals surface area contributed by atoms with Crippen molar-refractivity contribution in [2.24, 2.45) is 0 Å². The topological polar surface area (TPSA) is 78.4 Å². The molecule has 1 unspecified atom stereocenters. The Hall–Kier alpha value is -1.76. The number of halogens is 1. The fourth-order valence-electron chi connectivity index (χ4n) is 2.02. The molecule has 20 heavy (non-hydrogen) atoms. The zero-order valence-electron chi connectivity index (χ0n) is 10.7. The van der Waals surface area contributed by atoms with Gasteiger partial charge < -0.3 is 15.7 Å². The number of carboxylic acids is 1. The standard InChI is InChI=1S/C13H15FN2O3S/c14-9-4-1-5-10(11(9)12(17)18)16-13(19)15-7-8-3-2-6-20-8/h1,4-5,8H,2-3,6-7H2,(H,17,18)(H2,15,16,19). The summed E-state index contributed by atoms with van der Waals surface area (Å²) in [4.78, 5) is 22.7. The van der Waals surface area contributed by atoms with Crippen molar-refractivity contribution in [3.05, 3.63) is 29.6 Å². The first-order valence-electron chi connectivity index (χ1n) is 6.26. The van der Waals surface area contributed by atoms with Crippen molar-refractivity contribution in [1.29, 1.82) is 0 Å². The molecule has 1 aromatic carbocycles. The van der Waals surface area contributed by atoms with Gasteiger partial charge >= 0.3 is 12.0 Å². The van der Waals surface area contributed by atoms with Crippen LogP contribution in [0, 0.1) is 5.82 Å². The maximum Gasteiger partial charge on any atom is 0.340 e. The summed E-state index contributed by atoms with van der Waals surface area (Å²) in [5.74, 6) is -1.19. The Kier molecular flexibility index (Phi) is 4.84. The Labute approximate surface area is 119 Å². The van der Waals surface area contributed by atoms with E-state index in [0.29, 0.717) is 11.8 Å². The molecule has 108 valence electrons. The molecule has 0 bridgehead atoms. The molecule has 1 heterocycles. The van der Waals surface area contributed by atoms with E-state index in [2.05, 4.69) is 10.6 Å². The van der Waals surface area contributed by atoms with Crippen molar-refractivity contribution in [2.45, 2.75) is 18.1 Å². The maximum atomic E-state index is 13.4. The summed E-state index contributed by atoms with van der Waals surface area (Å²) in [7, 11) is 0. The van der Waals surface area contributed by atoms with E-state index in [4.69, 9.17) is 5.11 Å². The summed E-state index contributed by atoms with van der Waals surface area (Å²) in [6.07, 6.45) is 2.21. The fourth-order valence-corrected chi connectivity index (χ4v) is 3.23.